The molecule has 0 bridgehead atoms. The Morgan fingerprint density at radius 1 is 0.276 bits per heavy atom. The van der Waals surface area contributed by atoms with Gasteiger partial charge in [-0.25, -0.2) is 0 Å². The maximum Gasteiger partial charge on any atom is 0.531 e. The molecule has 0 amide bonds. The zero-order chi connectivity index (χ0) is 39.6. The molecule has 0 saturated heterocycles. The lowest BCUT2D eigenvalue weighted by molar-refractivity contribution is 0.416. The average Bonchev–Trinajstić information content (AvgIpc) is 3.30. The molecule has 0 spiro atoms. The van der Waals surface area contributed by atoms with Gasteiger partial charge in [-0.3, -0.25) is 0 Å². The molecule has 0 aliphatic carbocycles. The zero-order valence-electron chi connectivity index (χ0n) is 32.0. The Labute approximate surface area is 343 Å². The van der Waals surface area contributed by atoms with Crippen LogP contribution in [0, 0.1) is 0 Å². The quantitative estimate of drug-likeness (QED) is 0.0971. The van der Waals surface area contributed by atoms with Gasteiger partial charge in [0, 0.05) is 20.7 Å². The highest BCUT2D eigenvalue weighted by Gasteiger charge is 2.48. The molecule has 0 aliphatic rings. The van der Waals surface area contributed by atoms with Crippen LogP contribution in [0.3, 0.4) is 0 Å². The van der Waals surface area contributed by atoms with Crippen LogP contribution >= 0.6 is 0 Å². The predicted octanol–water partition coefficient (Wildman–Crippen LogP) is 10.1. The van der Waals surface area contributed by atoms with Crippen LogP contribution in [-0.4, -0.2) is 17.1 Å². The van der Waals surface area contributed by atoms with Crippen LogP contribution in [0.25, 0.3) is 23.3 Å². The Bertz CT molecular complexity index is 2280. The van der Waals surface area contributed by atoms with E-state index in [1.807, 2.05) is 158 Å². The van der Waals surface area contributed by atoms with E-state index in [1.165, 1.54) is 0 Å². The van der Waals surface area contributed by atoms with E-state index in [0.717, 1.165) is 54.5 Å². The molecule has 0 radical (unpaired) electrons. The minimum atomic E-state index is -3.33. The second-order valence-electron chi connectivity index (χ2n) is 13.7. The highest BCUT2D eigenvalue weighted by Crippen LogP contribution is 2.29. The van der Waals surface area contributed by atoms with Gasteiger partial charge in [0.1, 0.15) is 23.0 Å². The largest absolute Gasteiger partial charge is 0.531 e. The number of hydrogen-bond acceptors (Lipinski definition) is 4. The van der Waals surface area contributed by atoms with Crippen molar-refractivity contribution in [3.63, 3.8) is 0 Å². The van der Waals surface area contributed by atoms with Crippen molar-refractivity contribution in [2.45, 2.75) is 0 Å². The molecular weight excluding hydrogens is 745 g/mol. The number of benzene rings is 8. The van der Waals surface area contributed by atoms with Crippen molar-refractivity contribution in [2.24, 2.45) is 0 Å². The predicted molar refractivity (Wildman–Crippen MR) is 243 cm³/mol. The lowest BCUT2D eigenvalue weighted by Gasteiger charge is -2.32. The van der Waals surface area contributed by atoms with E-state index >= 15 is 0 Å². The summed E-state index contributed by atoms with van der Waals surface area (Å²) in [5.41, 5.74) is 4.12. The zero-order valence-corrected chi connectivity index (χ0v) is 34.0. The van der Waals surface area contributed by atoms with Gasteiger partial charge < -0.3 is 17.7 Å². The second-order valence-corrected chi connectivity index (χ2v) is 19.3. The Morgan fingerprint density at radius 2 is 0.500 bits per heavy atom. The summed E-state index contributed by atoms with van der Waals surface area (Å²) in [4.78, 5) is 0. The molecule has 0 aliphatic heterocycles. The highest BCUT2D eigenvalue weighted by molar-refractivity contribution is 6.94. The summed E-state index contributed by atoms with van der Waals surface area (Å²) in [7, 11) is -6.66. The molecule has 0 fully saturated rings. The van der Waals surface area contributed by atoms with Crippen LogP contribution in [0.2, 0.25) is 0 Å². The Hall–Kier alpha value is -7.13. The van der Waals surface area contributed by atoms with E-state index in [-0.39, 0.29) is 0 Å². The molecule has 0 atom stereocenters. The molecule has 58 heavy (non-hydrogen) atoms. The Balaban J connectivity index is 1.10. The standard InChI is InChI=1S/C52H42O4Si2/c1-3-41-25-33-45(34-26-41)53-57(49-17-9-5-10-18-49,50-19-11-6-12-20-50)55-47-37-29-43(30-38-47)44-31-39-48(40-32-44)56-58(51-21-13-7-14-22-51,52-23-15-8-16-24-52)54-46-35-27-42(4-2)28-36-46/h3-40H,1-2H2. The van der Waals surface area contributed by atoms with Crippen molar-refractivity contribution in [3.8, 4) is 34.1 Å². The van der Waals surface area contributed by atoms with Crippen LogP contribution in [0.15, 0.2) is 232 Å². The normalized spacial score (nSPS) is 11.2. The van der Waals surface area contributed by atoms with E-state index in [9.17, 15) is 0 Å². The van der Waals surface area contributed by atoms with Gasteiger partial charge in [0.25, 0.3) is 0 Å². The lowest BCUT2D eigenvalue weighted by Crippen LogP contribution is -2.68. The van der Waals surface area contributed by atoms with E-state index in [1.54, 1.807) is 0 Å². The van der Waals surface area contributed by atoms with E-state index in [4.69, 9.17) is 17.7 Å². The van der Waals surface area contributed by atoms with Crippen molar-refractivity contribution in [3.05, 3.63) is 243 Å². The van der Waals surface area contributed by atoms with E-state index in [0.29, 0.717) is 11.5 Å². The summed E-state index contributed by atoms with van der Waals surface area (Å²) in [5, 5.41) is 3.99. The smallest absolute Gasteiger partial charge is 0.506 e. The summed E-state index contributed by atoms with van der Waals surface area (Å²) >= 11 is 0. The topological polar surface area (TPSA) is 36.9 Å². The van der Waals surface area contributed by atoms with Gasteiger partial charge in [0.05, 0.1) is 0 Å². The fourth-order valence-corrected chi connectivity index (χ4v) is 13.0. The first kappa shape index (κ1) is 37.8. The van der Waals surface area contributed by atoms with Crippen LogP contribution in [0.1, 0.15) is 11.1 Å². The summed E-state index contributed by atoms with van der Waals surface area (Å²) in [6.07, 6.45) is 3.65. The fourth-order valence-electron chi connectivity index (χ4n) is 6.92. The van der Waals surface area contributed by atoms with Crippen molar-refractivity contribution < 1.29 is 17.7 Å². The van der Waals surface area contributed by atoms with Gasteiger partial charge in [-0.2, -0.15) is 0 Å². The highest BCUT2D eigenvalue weighted by atomic mass is 28.4. The third-order valence-electron chi connectivity index (χ3n) is 9.94. The van der Waals surface area contributed by atoms with Gasteiger partial charge in [-0.05, 0) is 70.8 Å². The molecule has 282 valence electrons. The van der Waals surface area contributed by atoms with Gasteiger partial charge in [0.2, 0.25) is 0 Å². The SMILES string of the molecule is C=Cc1ccc(O[Si](Oc2ccc(-c3ccc(O[Si](Oc4ccc(C=C)cc4)(c4ccccc4)c4ccccc4)cc3)cc2)(c2ccccc2)c2ccccc2)cc1. The molecule has 0 heterocycles. The maximum atomic E-state index is 7.11. The molecule has 6 heteroatoms. The molecule has 0 unspecified atom stereocenters. The molecular formula is C52H42O4Si2. The van der Waals surface area contributed by atoms with Crippen LogP contribution < -0.4 is 38.5 Å². The lowest BCUT2D eigenvalue weighted by atomic mass is 10.1. The van der Waals surface area contributed by atoms with Gasteiger partial charge in [0.15, 0.2) is 0 Å². The summed E-state index contributed by atoms with van der Waals surface area (Å²) in [6.45, 7) is 7.81. The Morgan fingerprint density at radius 3 is 0.724 bits per heavy atom. The molecule has 4 nitrogen and oxygen atoms in total. The number of rotatable bonds is 15. The van der Waals surface area contributed by atoms with Gasteiger partial charge >= 0.3 is 17.1 Å². The average molecular weight is 787 g/mol. The molecule has 0 aromatic heterocycles. The molecule has 8 aromatic rings. The summed E-state index contributed by atoms with van der Waals surface area (Å²) in [6, 6.07) is 73.3. The third-order valence-corrected chi connectivity index (χ3v) is 16.4. The first-order chi connectivity index (χ1) is 28.6. The Kier molecular flexibility index (Phi) is 11.3. The minimum absolute atomic E-state index is 0.713. The van der Waals surface area contributed by atoms with Crippen molar-refractivity contribution in [2.75, 3.05) is 0 Å². The van der Waals surface area contributed by atoms with Gasteiger partial charge in [-0.1, -0.05) is 195 Å². The molecule has 0 saturated carbocycles. The van der Waals surface area contributed by atoms with E-state index in [2.05, 4.69) is 86.0 Å². The van der Waals surface area contributed by atoms with E-state index < -0.39 is 17.1 Å². The van der Waals surface area contributed by atoms with Crippen LogP contribution in [0.5, 0.6) is 23.0 Å². The molecule has 0 N–H and O–H groups in total. The van der Waals surface area contributed by atoms with Gasteiger partial charge in [-0.15, -0.1) is 0 Å². The maximum absolute atomic E-state index is 7.11. The van der Waals surface area contributed by atoms with Crippen molar-refractivity contribution in [1.29, 1.82) is 0 Å². The van der Waals surface area contributed by atoms with Crippen molar-refractivity contribution in [1.82, 2.24) is 0 Å². The molecule has 8 aromatic carbocycles. The number of hydrogen-bond donors (Lipinski definition) is 0. The summed E-state index contributed by atoms with van der Waals surface area (Å²) < 4.78 is 28.2. The fraction of sp³-hybridized carbons (Fsp3) is 0. The third kappa shape index (κ3) is 8.20. The molecule has 8 rings (SSSR count). The second kappa shape index (κ2) is 17.3. The van der Waals surface area contributed by atoms with Crippen LogP contribution in [0.4, 0.5) is 0 Å². The summed E-state index contributed by atoms with van der Waals surface area (Å²) in [5.74, 6) is 2.88. The van der Waals surface area contributed by atoms with Crippen molar-refractivity contribution >= 4 is 50.0 Å². The monoisotopic (exact) mass is 786 g/mol. The first-order valence-corrected chi connectivity index (χ1v) is 22.8. The minimum Gasteiger partial charge on any atom is -0.506 e. The van der Waals surface area contributed by atoms with Crippen LogP contribution in [-0.2, 0) is 0 Å². The first-order valence-electron chi connectivity index (χ1n) is 19.2.